The molecule has 2 aromatic heterocycles. The predicted octanol–water partition coefficient (Wildman–Crippen LogP) is 1.81. The molecule has 0 bridgehead atoms. The minimum absolute atomic E-state index is 0.111. The van der Waals surface area contributed by atoms with Gasteiger partial charge in [-0.3, -0.25) is 9.59 Å². The Morgan fingerprint density at radius 2 is 1.93 bits per heavy atom. The molecule has 1 spiro atoms. The number of fused-ring (bicyclic) bond motifs is 1. The zero-order valence-electron chi connectivity index (χ0n) is 17.9. The van der Waals surface area contributed by atoms with Gasteiger partial charge in [-0.05, 0) is 51.3 Å². The van der Waals surface area contributed by atoms with E-state index in [2.05, 4.69) is 20.9 Å². The number of carbonyl (C=O) groups is 1. The number of hydrogen-bond acceptors (Lipinski definition) is 6. The fourth-order valence-electron chi connectivity index (χ4n) is 4.26. The molecular formula is C22H28N6O2. The molecule has 0 unspecified atom stereocenters. The molecule has 0 atom stereocenters. The molecule has 1 N–H and O–H groups in total. The first-order valence-electron chi connectivity index (χ1n) is 10.4. The average Bonchev–Trinajstić information content (AvgIpc) is 3.49. The molecule has 2 aliphatic rings. The van der Waals surface area contributed by atoms with Crippen molar-refractivity contribution in [1.82, 2.24) is 19.8 Å². The highest BCUT2D eigenvalue weighted by Crippen LogP contribution is 2.54. The Morgan fingerprint density at radius 1 is 1.23 bits per heavy atom. The molecular weight excluding hydrogens is 380 g/mol. The maximum Gasteiger partial charge on any atom is 0.272 e. The zero-order valence-corrected chi connectivity index (χ0v) is 17.9. The summed E-state index contributed by atoms with van der Waals surface area (Å²) >= 11 is 0. The van der Waals surface area contributed by atoms with E-state index in [0.717, 1.165) is 32.5 Å². The van der Waals surface area contributed by atoms with E-state index in [1.54, 1.807) is 18.0 Å². The molecule has 8 nitrogen and oxygen atoms in total. The lowest BCUT2D eigenvalue weighted by atomic mass is 9.92. The SMILES string of the molecule is CN(C)CCN(C)C(=O)c1cc2c(N3CCC4(CC3)CC4)c(C#N)c(=O)[nH]c2cn1. The van der Waals surface area contributed by atoms with Gasteiger partial charge in [-0.1, -0.05) is 0 Å². The number of pyridine rings is 2. The first-order chi connectivity index (χ1) is 14.3. The quantitative estimate of drug-likeness (QED) is 0.811. The van der Waals surface area contributed by atoms with E-state index in [1.807, 2.05) is 19.0 Å². The van der Waals surface area contributed by atoms with Crippen molar-refractivity contribution >= 4 is 22.5 Å². The number of piperidine rings is 1. The van der Waals surface area contributed by atoms with Crippen molar-refractivity contribution in [3.63, 3.8) is 0 Å². The number of amides is 1. The summed E-state index contributed by atoms with van der Waals surface area (Å²) in [7, 11) is 5.68. The standard InChI is InChI=1S/C22H28N6O2/c1-26(2)10-11-27(3)21(30)17-12-15-18(14-24-17)25-20(29)16(13-23)19(15)28-8-6-22(4-5-22)7-9-28/h12,14H,4-11H2,1-3H3,(H,25,29). The largest absolute Gasteiger partial charge is 0.370 e. The van der Waals surface area contributed by atoms with Crippen LogP contribution in [0.15, 0.2) is 17.1 Å². The second-order valence-electron chi connectivity index (χ2n) is 8.92. The molecule has 1 saturated carbocycles. The van der Waals surface area contributed by atoms with E-state index < -0.39 is 5.56 Å². The molecule has 1 aliphatic heterocycles. The van der Waals surface area contributed by atoms with Gasteiger partial charge < -0.3 is 19.7 Å². The fraction of sp³-hybridized carbons (Fsp3) is 0.545. The smallest absolute Gasteiger partial charge is 0.272 e. The molecule has 1 saturated heterocycles. The molecule has 8 heteroatoms. The van der Waals surface area contributed by atoms with Crippen molar-refractivity contribution in [3.8, 4) is 6.07 Å². The summed E-state index contributed by atoms with van der Waals surface area (Å²) in [5, 5.41) is 10.4. The Balaban J connectivity index is 1.73. The third-order valence-electron chi connectivity index (χ3n) is 6.53. The van der Waals surface area contributed by atoms with Crippen molar-refractivity contribution < 1.29 is 4.79 Å². The van der Waals surface area contributed by atoms with Crippen molar-refractivity contribution in [2.45, 2.75) is 25.7 Å². The number of hydrogen-bond donors (Lipinski definition) is 1. The van der Waals surface area contributed by atoms with Gasteiger partial charge in [-0.25, -0.2) is 4.98 Å². The third-order valence-corrected chi connectivity index (χ3v) is 6.53. The first-order valence-corrected chi connectivity index (χ1v) is 10.4. The van der Waals surface area contributed by atoms with Crippen LogP contribution in [-0.4, -0.2) is 73.0 Å². The van der Waals surface area contributed by atoms with Gasteiger partial charge in [-0.2, -0.15) is 5.26 Å². The summed E-state index contributed by atoms with van der Waals surface area (Å²) in [6.07, 6.45) is 6.25. The van der Waals surface area contributed by atoms with Crippen LogP contribution in [0, 0.1) is 16.7 Å². The van der Waals surface area contributed by atoms with Gasteiger partial charge in [0, 0.05) is 38.6 Å². The number of nitriles is 1. The lowest BCUT2D eigenvalue weighted by Crippen LogP contribution is -2.36. The van der Waals surface area contributed by atoms with Crippen LogP contribution in [-0.2, 0) is 0 Å². The molecule has 0 aromatic carbocycles. The van der Waals surface area contributed by atoms with E-state index in [0.29, 0.717) is 34.2 Å². The van der Waals surface area contributed by atoms with Crippen LogP contribution in [0.2, 0.25) is 0 Å². The molecule has 0 radical (unpaired) electrons. The summed E-state index contributed by atoms with van der Waals surface area (Å²) in [4.78, 5) is 38.3. The average molecular weight is 409 g/mol. The van der Waals surface area contributed by atoms with Crippen molar-refractivity contribution in [2.24, 2.45) is 5.41 Å². The minimum atomic E-state index is -0.407. The van der Waals surface area contributed by atoms with Gasteiger partial charge in [0.25, 0.3) is 11.5 Å². The van der Waals surface area contributed by atoms with E-state index in [9.17, 15) is 14.9 Å². The number of H-pyrrole nitrogens is 1. The summed E-state index contributed by atoms with van der Waals surface area (Å²) in [6, 6.07) is 3.81. The number of carbonyl (C=O) groups excluding carboxylic acids is 1. The number of nitrogens with one attached hydrogen (secondary N) is 1. The van der Waals surface area contributed by atoms with Crippen molar-refractivity contribution in [1.29, 1.82) is 5.26 Å². The van der Waals surface area contributed by atoms with Crippen LogP contribution in [0.4, 0.5) is 5.69 Å². The van der Waals surface area contributed by atoms with E-state index >= 15 is 0 Å². The summed E-state index contributed by atoms with van der Waals surface area (Å²) < 4.78 is 0. The maximum absolute atomic E-state index is 12.9. The van der Waals surface area contributed by atoms with E-state index in [4.69, 9.17) is 0 Å². The Labute approximate surface area is 176 Å². The molecule has 2 fully saturated rings. The number of anilines is 1. The Hall–Kier alpha value is -2.92. The lowest BCUT2D eigenvalue weighted by molar-refractivity contribution is 0.0780. The Kier molecular flexibility index (Phi) is 5.24. The van der Waals surface area contributed by atoms with Gasteiger partial charge in [0.15, 0.2) is 0 Å². The number of aromatic nitrogens is 2. The Morgan fingerprint density at radius 3 is 2.53 bits per heavy atom. The molecule has 2 aromatic rings. The molecule has 4 rings (SSSR count). The van der Waals surface area contributed by atoms with Crippen molar-refractivity contribution in [2.75, 3.05) is 52.2 Å². The molecule has 3 heterocycles. The van der Waals surface area contributed by atoms with Crippen LogP contribution in [0.3, 0.4) is 0 Å². The summed E-state index contributed by atoms with van der Waals surface area (Å²) in [5.74, 6) is -0.176. The zero-order chi connectivity index (χ0) is 21.5. The molecule has 1 amide bonds. The van der Waals surface area contributed by atoms with E-state index in [1.165, 1.54) is 19.0 Å². The normalized spacial score (nSPS) is 17.4. The van der Waals surface area contributed by atoms with Crippen molar-refractivity contribution in [3.05, 3.63) is 33.9 Å². The van der Waals surface area contributed by atoms with Crippen LogP contribution >= 0.6 is 0 Å². The molecule has 30 heavy (non-hydrogen) atoms. The number of likely N-dealkylation sites (N-methyl/N-ethyl adjacent to an activating group) is 2. The summed E-state index contributed by atoms with van der Waals surface area (Å²) in [5.41, 5.74) is 1.69. The first kappa shape index (κ1) is 20.4. The lowest BCUT2D eigenvalue weighted by Gasteiger charge is -2.34. The predicted molar refractivity (Wildman–Crippen MR) is 116 cm³/mol. The van der Waals surface area contributed by atoms with Gasteiger partial charge in [0.2, 0.25) is 0 Å². The third kappa shape index (κ3) is 3.77. The molecule has 1 aliphatic carbocycles. The van der Waals surface area contributed by atoms with Crippen LogP contribution in [0.5, 0.6) is 0 Å². The van der Waals surface area contributed by atoms with Gasteiger partial charge in [0.1, 0.15) is 17.3 Å². The second-order valence-corrected chi connectivity index (χ2v) is 8.92. The van der Waals surface area contributed by atoms with Crippen LogP contribution in [0.1, 0.15) is 41.7 Å². The highest BCUT2D eigenvalue weighted by molar-refractivity contribution is 6.00. The maximum atomic E-state index is 12.9. The number of aromatic amines is 1. The van der Waals surface area contributed by atoms with Crippen LogP contribution < -0.4 is 10.5 Å². The van der Waals surface area contributed by atoms with Gasteiger partial charge in [0.05, 0.1) is 17.4 Å². The second kappa shape index (κ2) is 7.73. The fourth-order valence-corrected chi connectivity index (χ4v) is 4.26. The highest BCUT2D eigenvalue weighted by atomic mass is 16.2. The molecule has 158 valence electrons. The van der Waals surface area contributed by atoms with Gasteiger partial charge in [-0.15, -0.1) is 0 Å². The summed E-state index contributed by atoms with van der Waals surface area (Å²) in [6.45, 7) is 2.98. The Bertz CT molecular complexity index is 1070. The minimum Gasteiger partial charge on any atom is -0.370 e. The van der Waals surface area contributed by atoms with E-state index in [-0.39, 0.29) is 11.5 Å². The van der Waals surface area contributed by atoms with Crippen LogP contribution in [0.25, 0.3) is 10.9 Å². The van der Waals surface area contributed by atoms with Gasteiger partial charge >= 0.3 is 0 Å². The highest BCUT2D eigenvalue weighted by Gasteiger charge is 2.44. The number of rotatable bonds is 5. The number of nitrogens with zero attached hydrogens (tertiary/aromatic N) is 5. The topological polar surface area (TPSA) is 96.3 Å². The monoisotopic (exact) mass is 408 g/mol.